The lowest BCUT2D eigenvalue weighted by atomic mass is 10.1. The van der Waals surface area contributed by atoms with Gasteiger partial charge in [-0.15, -0.1) is 0 Å². The first-order valence-corrected chi connectivity index (χ1v) is 11.7. The van der Waals surface area contributed by atoms with Gasteiger partial charge in [-0.3, -0.25) is 9.59 Å². The van der Waals surface area contributed by atoms with E-state index in [-0.39, 0.29) is 35.9 Å². The van der Waals surface area contributed by atoms with E-state index in [1.807, 2.05) is 39.0 Å². The smallest absolute Gasteiger partial charge is 0.310 e. The Labute approximate surface area is 170 Å². The van der Waals surface area contributed by atoms with Crippen molar-refractivity contribution in [3.63, 3.8) is 0 Å². The summed E-state index contributed by atoms with van der Waals surface area (Å²) in [6.45, 7) is 5.38. The van der Waals surface area contributed by atoms with Crippen LogP contribution in [0.4, 0.5) is 0 Å². The summed E-state index contributed by atoms with van der Waals surface area (Å²) in [5, 5.41) is 0.844. The molecule has 7 nitrogen and oxygen atoms in total. The lowest BCUT2D eigenvalue weighted by Crippen LogP contribution is -2.48. The standard InChI is InChI=1S/C21H27NO6S/c1-4-15(3)22(17-7-8-29(25,26)13-17)20(23)12-28-21(24)10-16-11-27-19-9-14(2)5-6-18(16)19/h5-6,9,11,15,17H,4,7-8,10,12-13H2,1-3H3/t15-,17-/m1/s1. The second-order valence-electron chi connectivity index (χ2n) is 7.71. The molecular weight excluding hydrogens is 394 g/mol. The van der Waals surface area contributed by atoms with Gasteiger partial charge in [0.2, 0.25) is 0 Å². The van der Waals surface area contributed by atoms with E-state index in [2.05, 4.69) is 0 Å². The van der Waals surface area contributed by atoms with Crippen LogP contribution in [0.1, 0.15) is 37.8 Å². The largest absolute Gasteiger partial charge is 0.464 e. The molecule has 1 aromatic heterocycles. The third-order valence-electron chi connectivity index (χ3n) is 5.46. The predicted molar refractivity (Wildman–Crippen MR) is 109 cm³/mol. The number of esters is 1. The summed E-state index contributed by atoms with van der Waals surface area (Å²) in [6, 6.07) is 5.25. The summed E-state index contributed by atoms with van der Waals surface area (Å²) < 4.78 is 34.3. The van der Waals surface area contributed by atoms with E-state index >= 15 is 0 Å². The molecule has 1 saturated heterocycles. The van der Waals surface area contributed by atoms with Gasteiger partial charge in [0.15, 0.2) is 16.4 Å². The van der Waals surface area contributed by atoms with E-state index in [1.54, 1.807) is 4.90 Å². The highest BCUT2D eigenvalue weighted by Crippen LogP contribution is 2.24. The number of sulfone groups is 1. The minimum Gasteiger partial charge on any atom is -0.464 e. The number of furan rings is 1. The van der Waals surface area contributed by atoms with Crippen molar-refractivity contribution in [3.05, 3.63) is 35.6 Å². The van der Waals surface area contributed by atoms with Crippen molar-refractivity contribution in [1.82, 2.24) is 4.90 Å². The molecule has 29 heavy (non-hydrogen) atoms. The van der Waals surface area contributed by atoms with Gasteiger partial charge in [-0.1, -0.05) is 19.1 Å². The van der Waals surface area contributed by atoms with Gasteiger partial charge in [0, 0.05) is 23.0 Å². The van der Waals surface area contributed by atoms with Gasteiger partial charge < -0.3 is 14.1 Å². The zero-order valence-corrected chi connectivity index (χ0v) is 17.8. The van der Waals surface area contributed by atoms with E-state index in [4.69, 9.17) is 9.15 Å². The van der Waals surface area contributed by atoms with Gasteiger partial charge in [0.1, 0.15) is 5.58 Å². The van der Waals surface area contributed by atoms with Crippen LogP contribution < -0.4 is 0 Å². The number of ether oxygens (including phenoxy) is 1. The molecule has 0 unspecified atom stereocenters. The van der Waals surface area contributed by atoms with E-state index in [0.717, 1.165) is 10.9 Å². The lowest BCUT2D eigenvalue weighted by molar-refractivity contribution is -0.153. The number of hydrogen-bond donors (Lipinski definition) is 0. The Balaban J connectivity index is 1.62. The van der Waals surface area contributed by atoms with Gasteiger partial charge in [0.25, 0.3) is 5.91 Å². The van der Waals surface area contributed by atoms with Gasteiger partial charge in [-0.25, -0.2) is 8.42 Å². The fourth-order valence-electron chi connectivity index (χ4n) is 3.75. The molecule has 1 fully saturated rings. The summed E-state index contributed by atoms with van der Waals surface area (Å²) in [5.74, 6) is -0.824. The molecule has 0 bridgehead atoms. The van der Waals surface area contributed by atoms with Crippen LogP contribution in [-0.2, 0) is 30.6 Å². The van der Waals surface area contributed by atoms with Gasteiger partial charge in [-0.2, -0.15) is 0 Å². The Bertz CT molecular complexity index is 1010. The number of aryl methyl sites for hydroxylation is 1. The maximum atomic E-state index is 12.7. The molecule has 0 radical (unpaired) electrons. The normalized spacial score (nSPS) is 19.2. The third kappa shape index (κ3) is 4.98. The molecule has 2 aromatic rings. The molecule has 3 rings (SSSR count). The minimum absolute atomic E-state index is 0.00444. The Morgan fingerprint density at radius 1 is 1.34 bits per heavy atom. The van der Waals surface area contributed by atoms with Crippen LogP contribution in [0.3, 0.4) is 0 Å². The first-order valence-electron chi connectivity index (χ1n) is 9.84. The molecule has 0 saturated carbocycles. The first kappa shape index (κ1) is 21.4. The van der Waals surface area contributed by atoms with Crippen molar-refractivity contribution in [2.75, 3.05) is 18.1 Å². The molecule has 2 atom stereocenters. The zero-order chi connectivity index (χ0) is 21.2. The summed E-state index contributed by atoms with van der Waals surface area (Å²) >= 11 is 0. The fourth-order valence-corrected chi connectivity index (χ4v) is 5.46. The molecule has 1 aromatic carbocycles. The van der Waals surface area contributed by atoms with Crippen molar-refractivity contribution in [2.45, 2.75) is 52.1 Å². The number of nitrogens with zero attached hydrogens (tertiary/aromatic N) is 1. The molecule has 1 amide bonds. The van der Waals surface area contributed by atoms with E-state index < -0.39 is 22.4 Å². The van der Waals surface area contributed by atoms with Crippen LogP contribution in [0.5, 0.6) is 0 Å². The van der Waals surface area contributed by atoms with Crippen LogP contribution in [0, 0.1) is 6.92 Å². The van der Waals surface area contributed by atoms with Crippen LogP contribution in [0.15, 0.2) is 28.9 Å². The number of fused-ring (bicyclic) bond motifs is 1. The number of carbonyl (C=O) groups is 2. The SMILES string of the molecule is CC[C@@H](C)N(C(=O)COC(=O)Cc1coc2cc(C)ccc12)[C@@H]1CCS(=O)(=O)C1. The van der Waals surface area contributed by atoms with Crippen molar-refractivity contribution < 1.29 is 27.2 Å². The maximum Gasteiger partial charge on any atom is 0.310 e. The first-order chi connectivity index (χ1) is 13.7. The highest BCUT2D eigenvalue weighted by molar-refractivity contribution is 7.91. The predicted octanol–water partition coefficient (Wildman–Crippen LogP) is 2.64. The van der Waals surface area contributed by atoms with Crippen molar-refractivity contribution in [2.24, 2.45) is 0 Å². The van der Waals surface area contributed by atoms with E-state index in [0.29, 0.717) is 24.0 Å². The number of rotatable bonds is 7. The average Bonchev–Trinajstić information content (AvgIpc) is 3.22. The Morgan fingerprint density at radius 3 is 2.76 bits per heavy atom. The molecule has 1 aliphatic rings. The molecule has 2 heterocycles. The monoisotopic (exact) mass is 421 g/mol. The van der Waals surface area contributed by atoms with Crippen LogP contribution in [-0.4, -0.2) is 55.4 Å². The number of amides is 1. The molecule has 158 valence electrons. The lowest BCUT2D eigenvalue weighted by Gasteiger charge is -2.33. The number of carbonyl (C=O) groups excluding carboxylic acids is 2. The van der Waals surface area contributed by atoms with Crippen LogP contribution in [0.2, 0.25) is 0 Å². The zero-order valence-electron chi connectivity index (χ0n) is 17.0. The third-order valence-corrected chi connectivity index (χ3v) is 7.21. The second-order valence-corrected chi connectivity index (χ2v) is 9.94. The van der Waals surface area contributed by atoms with Crippen LogP contribution in [0.25, 0.3) is 11.0 Å². The summed E-state index contributed by atoms with van der Waals surface area (Å²) in [5.41, 5.74) is 2.47. The highest BCUT2D eigenvalue weighted by Gasteiger charge is 2.36. The van der Waals surface area contributed by atoms with Gasteiger partial charge in [-0.05, 0) is 38.3 Å². The molecule has 1 aliphatic heterocycles. The van der Waals surface area contributed by atoms with E-state index in [1.165, 1.54) is 6.26 Å². The van der Waals surface area contributed by atoms with Crippen molar-refractivity contribution in [3.8, 4) is 0 Å². The maximum absolute atomic E-state index is 12.7. The Morgan fingerprint density at radius 2 is 2.10 bits per heavy atom. The van der Waals surface area contributed by atoms with Crippen molar-refractivity contribution >= 4 is 32.7 Å². The summed E-state index contributed by atoms with van der Waals surface area (Å²) in [7, 11) is -3.12. The second kappa shape index (κ2) is 8.57. The van der Waals surface area contributed by atoms with Crippen molar-refractivity contribution in [1.29, 1.82) is 0 Å². The molecule has 0 N–H and O–H groups in total. The Kier molecular flexibility index (Phi) is 6.31. The number of benzene rings is 1. The quantitative estimate of drug-likeness (QED) is 0.638. The fraction of sp³-hybridized carbons (Fsp3) is 0.524. The van der Waals surface area contributed by atoms with Gasteiger partial charge in [0.05, 0.1) is 24.2 Å². The Hall–Kier alpha value is -2.35. The molecule has 8 heteroatoms. The highest BCUT2D eigenvalue weighted by atomic mass is 32.2. The molecular formula is C21H27NO6S. The number of hydrogen-bond acceptors (Lipinski definition) is 6. The molecule has 0 spiro atoms. The van der Waals surface area contributed by atoms with E-state index in [9.17, 15) is 18.0 Å². The summed E-state index contributed by atoms with van der Waals surface area (Å²) in [4.78, 5) is 26.6. The average molecular weight is 422 g/mol. The van der Waals surface area contributed by atoms with Gasteiger partial charge >= 0.3 is 5.97 Å². The summed E-state index contributed by atoms with van der Waals surface area (Å²) in [6.07, 6.45) is 2.65. The minimum atomic E-state index is -3.12. The molecule has 0 aliphatic carbocycles. The van der Waals surface area contributed by atoms with Crippen LogP contribution >= 0.6 is 0 Å². The topological polar surface area (TPSA) is 93.9 Å².